The second kappa shape index (κ2) is 7.66. The molecule has 3 rings (SSSR count). The highest BCUT2D eigenvalue weighted by atomic mass is 35.5. The zero-order valence-corrected chi connectivity index (χ0v) is 14.7. The summed E-state index contributed by atoms with van der Waals surface area (Å²) in [6, 6.07) is 11.7. The molecule has 1 amide bonds. The molecule has 1 N–H and O–H groups in total. The molecule has 0 unspecified atom stereocenters. The number of thiazole rings is 1. The summed E-state index contributed by atoms with van der Waals surface area (Å²) < 4.78 is 5.61. The third kappa shape index (κ3) is 4.26. The molecular weight excluding hydrogens is 367 g/mol. The highest BCUT2D eigenvalue weighted by molar-refractivity contribution is 7.07. The van der Waals surface area contributed by atoms with Crippen molar-refractivity contribution in [2.45, 2.75) is 6.61 Å². The van der Waals surface area contributed by atoms with E-state index in [1.54, 1.807) is 48.0 Å². The number of hydrogen-bond donors (Lipinski definition) is 1. The number of ether oxygens (including phenoxy) is 1. The Labute approximate surface area is 153 Å². The Morgan fingerprint density at radius 3 is 2.67 bits per heavy atom. The predicted molar refractivity (Wildman–Crippen MR) is 97.3 cm³/mol. The van der Waals surface area contributed by atoms with E-state index in [1.165, 1.54) is 11.3 Å². The maximum absolute atomic E-state index is 12.3. The molecule has 3 aromatic rings. The fraction of sp³-hybridized carbons (Fsp3) is 0.0588. The number of anilines is 1. The van der Waals surface area contributed by atoms with Crippen LogP contribution in [0.4, 0.5) is 5.69 Å². The van der Waals surface area contributed by atoms with Crippen LogP contribution in [0.3, 0.4) is 0 Å². The van der Waals surface area contributed by atoms with Crippen molar-refractivity contribution >= 4 is 46.1 Å². The average molecular weight is 379 g/mol. The molecule has 0 aliphatic heterocycles. The fourth-order valence-electron chi connectivity index (χ4n) is 1.96. The first kappa shape index (κ1) is 16.8. The standard InChI is InChI=1S/C17H12Cl2N2O2S/c18-12-3-6-15(19)16(7-12)21-17(22)11-1-4-14(5-2-11)23-8-13-9-24-10-20-13/h1-7,9-10H,8H2,(H,21,22). The van der Waals surface area contributed by atoms with E-state index in [9.17, 15) is 4.79 Å². The largest absolute Gasteiger partial charge is 0.487 e. The van der Waals surface area contributed by atoms with E-state index in [0.717, 1.165) is 5.69 Å². The second-order valence-electron chi connectivity index (χ2n) is 4.87. The van der Waals surface area contributed by atoms with Crippen LogP contribution < -0.4 is 10.1 Å². The summed E-state index contributed by atoms with van der Waals surface area (Å²) in [6.07, 6.45) is 0. The molecule has 122 valence electrons. The van der Waals surface area contributed by atoms with Crippen LogP contribution in [0.5, 0.6) is 5.75 Å². The van der Waals surface area contributed by atoms with Crippen LogP contribution in [-0.4, -0.2) is 10.9 Å². The molecule has 0 aliphatic carbocycles. The summed E-state index contributed by atoms with van der Waals surface area (Å²) >= 11 is 13.5. The average Bonchev–Trinajstić information content (AvgIpc) is 3.10. The number of benzene rings is 2. The van der Waals surface area contributed by atoms with Crippen molar-refractivity contribution in [2.75, 3.05) is 5.32 Å². The first-order chi connectivity index (χ1) is 11.6. The first-order valence-corrected chi connectivity index (χ1v) is 8.68. The number of nitrogens with zero attached hydrogens (tertiary/aromatic N) is 1. The van der Waals surface area contributed by atoms with Gasteiger partial charge in [0.15, 0.2) is 0 Å². The molecule has 0 atom stereocenters. The quantitative estimate of drug-likeness (QED) is 0.656. The normalized spacial score (nSPS) is 10.4. The van der Waals surface area contributed by atoms with Crippen molar-refractivity contribution in [3.05, 3.63) is 74.7 Å². The van der Waals surface area contributed by atoms with E-state index in [2.05, 4.69) is 10.3 Å². The van der Waals surface area contributed by atoms with Crippen LogP contribution in [0.2, 0.25) is 10.0 Å². The fourth-order valence-corrected chi connectivity index (χ4v) is 2.84. The topological polar surface area (TPSA) is 51.2 Å². The van der Waals surface area contributed by atoms with Crippen LogP contribution in [0.25, 0.3) is 0 Å². The number of carbonyl (C=O) groups is 1. The molecule has 0 saturated carbocycles. The Bertz CT molecular complexity index is 836. The van der Waals surface area contributed by atoms with Crippen LogP contribution in [0.15, 0.2) is 53.4 Å². The van der Waals surface area contributed by atoms with Gasteiger partial charge in [-0.25, -0.2) is 4.98 Å². The molecule has 7 heteroatoms. The zero-order valence-electron chi connectivity index (χ0n) is 12.3. The summed E-state index contributed by atoms with van der Waals surface area (Å²) in [6.45, 7) is 0.396. The summed E-state index contributed by atoms with van der Waals surface area (Å²) in [5, 5.41) is 5.59. The van der Waals surface area contributed by atoms with Gasteiger partial charge in [0, 0.05) is 16.0 Å². The number of aromatic nitrogens is 1. The summed E-state index contributed by atoms with van der Waals surface area (Å²) in [5.41, 5.74) is 3.59. The molecule has 24 heavy (non-hydrogen) atoms. The molecule has 0 fully saturated rings. The smallest absolute Gasteiger partial charge is 0.255 e. The minimum atomic E-state index is -0.273. The van der Waals surface area contributed by atoms with Gasteiger partial charge in [-0.2, -0.15) is 0 Å². The van der Waals surface area contributed by atoms with Crippen molar-refractivity contribution in [1.82, 2.24) is 4.98 Å². The van der Waals surface area contributed by atoms with Crippen molar-refractivity contribution < 1.29 is 9.53 Å². The summed E-state index contributed by atoms with van der Waals surface area (Å²) in [7, 11) is 0. The van der Waals surface area contributed by atoms with Crippen LogP contribution in [-0.2, 0) is 6.61 Å². The van der Waals surface area contributed by atoms with Crippen LogP contribution in [0.1, 0.15) is 16.1 Å². The summed E-state index contributed by atoms with van der Waals surface area (Å²) in [4.78, 5) is 16.4. The minimum Gasteiger partial charge on any atom is -0.487 e. The van der Waals surface area contributed by atoms with Crippen molar-refractivity contribution in [2.24, 2.45) is 0 Å². The van der Waals surface area contributed by atoms with Gasteiger partial charge in [0.1, 0.15) is 12.4 Å². The van der Waals surface area contributed by atoms with E-state index >= 15 is 0 Å². The Balaban J connectivity index is 1.64. The van der Waals surface area contributed by atoms with E-state index in [1.807, 2.05) is 5.38 Å². The number of amides is 1. The lowest BCUT2D eigenvalue weighted by Gasteiger charge is -2.09. The van der Waals surface area contributed by atoms with Gasteiger partial charge < -0.3 is 10.1 Å². The van der Waals surface area contributed by atoms with Gasteiger partial charge in [0.05, 0.1) is 21.9 Å². The molecule has 0 saturated heterocycles. The molecule has 0 spiro atoms. The maximum Gasteiger partial charge on any atom is 0.255 e. The Hall–Kier alpha value is -2.08. The molecule has 4 nitrogen and oxygen atoms in total. The van der Waals surface area contributed by atoms with Gasteiger partial charge in [0.25, 0.3) is 5.91 Å². The maximum atomic E-state index is 12.3. The molecule has 0 radical (unpaired) electrons. The summed E-state index contributed by atoms with van der Waals surface area (Å²) in [5.74, 6) is 0.394. The molecule has 1 aromatic heterocycles. The van der Waals surface area contributed by atoms with Crippen LogP contribution >= 0.6 is 34.5 Å². The van der Waals surface area contributed by atoms with E-state index < -0.39 is 0 Å². The third-order valence-corrected chi connectivity index (χ3v) is 4.36. The van der Waals surface area contributed by atoms with Gasteiger partial charge in [0.2, 0.25) is 0 Å². The molecular formula is C17H12Cl2N2O2S. The minimum absolute atomic E-state index is 0.273. The lowest BCUT2D eigenvalue weighted by molar-refractivity contribution is 0.102. The van der Waals surface area contributed by atoms with E-state index in [4.69, 9.17) is 27.9 Å². The predicted octanol–water partition coefficient (Wildman–Crippen LogP) is 5.28. The second-order valence-corrected chi connectivity index (χ2v) is 6.43. The van der Waals surface area contributed by atoms with E-state index in [-0.39, 0.29) is 5.91 Å². The van der Waals surface area contributed by atoms with Gasteiger partial charge in [-0.05, 0) is 42.5 Å². The van der Waals surface area contributed by atoms with Crippen molar-refractivity contribution in [3.63, 3.8) is 0 Å². The van der Waals surface area contributed by atoms with Gasteiger partial charge in [-0.3, -0.25) is 4.79 Å². The molecule has 0 aliphatic rings. The van der Waals surface area contributed by atoms with Gasteiger partial charge >= 0.3 is 0 Å². The third-order valence-electron chi connectivity index (χ3n) is 3.16. The Morgan fingerprint density at radius 1 is 1.17 bits per heavy atom. The van der Waals surface area contributed by atoms with Gasteiger partial charge in [-0.1, -0.05) is 23.2 Å². The van der Waals surface area contributed by atoms with Crippen molar-refractivity contribution in [3.8, 4) is 5.75 Å². The number of hydrogen-bond acceptors (Lipinski definition) is 4. The monoisotopic (exact) mass is 378 g/mol. The Kier molecular flexibility index (Phi) is 5.35. The van der Waals surface area contributed by atoms with Crippen molar-refractivity contribution in [1.29, 1.82) is 0 Å². The van der Waals surface area contributed by atoms with Gasteiger partial charge in [-0.15, -0.1) is 11.3 Å². The molecule has 1 heterocycles. The zero-order chi connectivity index (χ0) is 16.9. The lowest BCUT2D eigenvalue weighted by Crippen LogP contribution is -2.12. The highest BCUT2D eigenvalue weighted by Gasteiger charge is 2.09. The SMILES string of the molecule is O=C(Nc1cc(Cl)ccc1Cl)c1ccc(OCc2cscn2)cc1. The number of rotatable bonds is 5. The van der Waals surface area contributed by atoms with Crippen LogP contribution in [0, 0.1) is 0 Å². The number of carbonyl (C=O) groups excluding carboxylic acids is 1. The highest BCUT2D eigenvalue weighted by Crippen LogP contribution is 2.26. The van der Waals surface area contributed by atoms with E-state index in [0.29, 0.717) is 33.7 Å². The lowest BCUT2D eigenvalue weighted by atomic mass is 10.2. The molecule has 0 bridgehead atoms. The number of nitrogens with one attached hydrogen (secondary N) is 1. The Morgan fingerprint density at radius 2 is 1.96 bits per heavy atom. The number of halogens is 2. The molecule has 2 aromatic carbocycles. The first-order valence-electron chi connectivity index (χ1n) is 6.98.